The summed E-state index contributed by atoms with van der Waals surface area (Å²) in [6.45, 7) is 4.27. The summed E-state index contributed by atoms with van der Waals surface area (Å²) < 4.78 is 27.0. The van der Waals surface area contributed by atoms with Gasteiger partial charge in [0.25, 0.3) is 0 Å². The molecular weight excluding hydrogens is 276 g/mol. The fourth-order valence-electron chi connectivity index (χ4n) is 2.95. The number of aromatic amines is 1. The van der Waals surface area contributed by atoms with Crippen molar-refractivity contribution in [2.75, 3.05) is 13.6 Å². The highest BCUT2D eigenvalue weighted by atomic mass is 32.2. The molecule has 0 aromatic carbocycles. The molecule has 114 valence electrons. The van der Waals surface area contributed by atoms with Crippen molar-refractivity contribution in [1.82, 2.24) is 14.5 Å². The van der Waals surface area contributed by atoms with Gasteiger partial charge in [-0.15, -0.1) is 0 Å². The minimum atomic E-state index is -3.55. The Labute approximate surface area is 120 Å². The summed E-state index contributed by atoms with van der Waals surface area (Å²) in [5.41, 5.74) is 6.04. The maximum Gasteiger partial charge on any atom is 0.246 e. The molecule has 3 N–H and O–H groups in total. The van der Waals surface area contributed by atoms with Crippen LogP contribution in [0.25, 0.3) is 0 Å². The molecule has 1 aromatic rings. The van der Waals surface area contributed by atoms with Crippen LogP contribution >= 0.6 is 0 Å². The third kappa shape index (κ3) is 2.49. The molecule has 0 atom stereocenters. The molecule has 0 radical (unpaired) electrons. The van der Waals surface area contributed by atoms with Gasteiger partial charge in [-0.1, -0.05) is 6.92 Å². The second-order valence-electron chi connectivity index (χ2n) is 5.94. The summed E-state index contributed by atoms with van der Waals surface area (Å²) in [5.74, 6) is 0.640. The summed E-state index contributed by atoms with van der Waals surface area (Å²) in [6.07, 6.45) is 5.04. The average Bonchev–Trinajstić information content (AvgIpc) is 2.86. The lowest BCUT2D eigenvalue weighted by Crippen LogP contribution is -2.56. The van der Waals surface area contributed by atoms with E-state index in [9.17, 15) is 8.42 Å². The Morgan fingerprint density at radius 3 is 2.55 bits per heavy atom. The third-order valence-electron chi connectivity index (χ3n) is 4.68. The van der Waals surface area contributed by atoms with Gasteiger partial charge in [0.1, 0.15) is 4.90 Å². The van der Waals surface area contributed by atoms with Gasteiger partial charge in [-0.25, -0.2) is 8.42 Å². The Morgan fingerprint density at radius 2 is 2.10 bits per heavy atom. The highest BCUT2D eigenvalue weighted by Crippen LogP contribution is 2.37. The molecule has 0 amide bonds. The number of likely N-dealkylation sites (N-methyl/N-ethyl adjacent to an activating group) is 1. The molecule has 20 heavy (non-hydrogen) atoms. The SMILES string of the molecule is Cc1[nH]ncc1S(=O)(=O)N(C)C1(CN)CCC(C)CC1. The zero-order valence-electron chi connectivity index (χ0n) is 12.4. The van der Waals surface area contributed by atoms with E-state index in [2.05, 4.69) is 17.1 Å². The molecule has 1 fully saturated rings. The van der Waals surface area contributed by atoms with Crippen LogP contribution < -0.4 is 5.73 Å². The quantitative estimate of drug-likeness (QED) is 0.875. The van der Waals surface area contributed by atoms with Crippen molar-refractivity contribution in [2.24, 2.45) is 11.7 Å². The molecule has 1 heterocycles. The summed E-state index contributed by atoms with van der Waals surface area (Å²) in [6, 6.07) is 0. The first-order valence-corrected chi connectivity index (χ1v) is 8.46. The predicted molar refractivity (Wildman–Crippen MR) is 77.7 cm³/mol. The van der Waals surface area contributed by atoms with Gasteiger partial charge in [-0.05, 0) is 38.5 Å². The fourth-order valence-corrected chi connectivity index (χ4v) is 4.63. The smallest absolute Gasteiger partial charge is 0.246 e. The Hall–Kier alpha value is -0.920. The molecule has 1 aliphatic rings. The predicted octanol–water partition coefficient (Wildman–Crippen LogP) is 1.25. The normalized spacial score (nSPS) is 27.9. The van der Waals surface area contributed by atoms with Gasteiger partial charge in [0, 0.05) is 19.1 Å². The van der Waals surface area contributed by atoms with Crippen LogP contribution in [0.5, 0.6) is 0 Å². The first-order chi connectivity index (χ1) is 9.33. The van der Waals surface area contributed by atoms with Crippen LogP contribution in [0.3, 0.4) is 0 Å². The second kappa shape index (κ2) is 5.46. The lowest BCUT2D eigenvalue weighted by Gasteiger charge is -2.44. The molecule has 0 unspecified atom stereocenters. The van der Waals surface area contributed by atoms with Gasteiger partial charge in [0.2, 0.25) is 10.0 Å². The molecule has 0 aliphatic heterocycles. The average molecular weight is 300 g/mol. The van der Waals surface area contributed by atoms with Crippen LogP contribution in [-0.4, -0.2) is 42.1 Å². The van der Waals surface area contributed by atoms with E-state index in [1.165, 1.54) is 10.5 Å². The van der Waals surface area contributed by atoms with Crippen molar-refractivity contribution in [3.8, 4) is 0 Å². The van der Waals surface area contributed by atoms with E-state index in [-0.39, 0.29) is 4.90 Å². The summed E-state index contributed by atoms with van der Waals surface area (Å²) >= 11 is 0. The van der Waals surface area contributed by atoms with Crippen LogP contribution in [0.4, 0.5) is 0 Å². The minimum Gasteiger partial charge on any atom is -0.329 e. The van der Waals surface area contributed by atoms with Crippen molar-refractivity contribution < 1.29 is 8.42 Å². The highest BCUT2D eigenvalue weighted by Gasteiger charge is 2.43. The lowest BCUT2D eigenvalue weighted by atomic mass is 9.77. The number of hydrogen-bond acceptors (Lipinski definition) is 4. The molecule has 2 rings (SSSR count). The standard InChI is InChI=1S/C13H24N4O2S/c1-10-4-6-13(9-14,7-5-10)17(3)20(18,19)12-8-15-16-11(12)2/h8,10H,4-7,9,14H2,1-3H3,(H,15,16). The van der Waals surface area contributed by atoms with Gasteiger partial charge < -0.3 is 5.73 Å². The van der Waals surface area contributed by atoms with Crippen LogP contribution in [0.1, 0.15) is 38.3 Å². The number of rotatable bonds is 4. The molecule has 0 spiro atoms. The van der Waals surface area contributed by atoms with E-state index < -0.39 is 15.6 Å². The number of aryl methyl sites for hydroxylation is 1. The van der Waals surface area contributed by atoms with E-state index in [1.54, 1.807) is 14.0 Å². The van der Waals surface area contributed by atoms with Crippen molar-refractivity contribution in [3.63, 3.8) is 0 Å². The number of nitrogens with zero attached hydrogens (tertiary/aromatic N) is 2. The monoisotopic (exact) mass is 300 g/mol. The molecule has 1 aromatic heterocycles. The van der Waals surface area contributed by atoms with E-state index in [0.717, 1.165) is 25.7 Å². The number of sulfonamides is 1. The van der Waals surface area contributed by atoms with E-state index in [0.29, 0.717) is 18.2 Å². The van der Waals surface area contributed by atoms with Crippen molar-refractivity contribution in [3.05, 3.63) is 11.9 Å². The zero-order valence-corrected chi connectivity index (χ0v) is 13.2. The highest BCUT2D eigenvalue weighted by molar-refractivity contribution is 7.89. The largest absolute Gasteiger partial charge is 0.329 e. The number of nitrogens with two attached hydrogens (primary N) is 1. The molecule has 1 saturated carbocycles. The van der Waals surface area contributed by atoms with Crippen LogP contribution in [0, 0.1) is 12.8 Å². The Morgan fingerprint density at radius 1 is 1.50 bits per heavy atom. The third-order valence-corrected chi connectivity index (χ3v) is 6.75. The Bertz CT molecular complexity index is 559. The lowest BCUT2D eigenvalue weighted by molar-refractivity contribution is 0.135. The van der Waals surface area contributed by atoms with Crippen molar-refractivity contribution in [1.29, 1.82) is 0 Å². The Balaban J connectivity index is 2.34. The summed E-state index contributed by atoms with van der Waals surface area (Å²) in [5, 5.41) is 6.50. The van der Waals surface area contributed by atoms with Crippen LogP contribution in [-0.2, 0) is 10.0 Å². The summed E-state index contributed by atoms with van der Waals surface area (Å²) in [7, 11) is -1.91. The number of hydrogen-bond donors (Lipinski definition) is 2. The molecule has 6 nitrogen and oxygen atoms in total. The minimum absolute atomic E-state index is 0.242. The van der Waals surface area contributed by atoms with Gasteiger partial charge in [-0.3, -0.25) is 5.10 Å². The maximum atomic E-state index is 12.8. The van der Waals surface area contributed by atoms with E-state index >= 15 is 0 Å². The number of aromatic nitrogens is 2. The topological polar surface area (TPSA) is 92.1 Å². The Kier molecular flexibility index (Phi) is 4.22. The first-order valence-electron chi connectivity index (χ1n) is 7.02. The van der Waals surface area contributed by atoms with Gasteiger partial charge in [0.05, 0.1) is 11.9 Å². The van der Waals surface area contributed by atoms with E-state index in [4.69, 9.17) is 5.73 Å². The van der Waals surface area contributed by atoms with Crippen LogP contribution in [0.15, 0.2) is 11.1 Å². The fraction of sp³-hybridized carbons (Fsp3) is 0.769. The maximum absolute atomic E-state index is 12.8. The molecule has 0 saturated heterocycles. The second-order valence-corrected chi connectivity index (χ2v) is 7.88. The van der Waals surface area contributed by atoms with Gasteiger partial charge in [0.15, 0.2) is 0 Å². The molecule has 1 aliphatic carbocycles. The first kappa shape index (κ1) is 15.5. The summed E-state index contributed by atoms with van der Waals surface area (Å²) in [4.78, 5) is 0.242. The van der Waals surface area contributed by atoms with Gasteiger partial charge in [-0.2, -0.15) is 9.40 Å². The molecular formula is C13H24N4O2S. The molecule has 0 bridgehead atoms. The van der Waals surface area contributed by atoms with Crippen molar-refractivity contribution in [2.45, 2.75) is 50.0 Å². The zero-order chi connectivity index (χ0) is 15.0. The van der Waals surface area contributed by atoms with E-state index in [1.807, 2.05) is 0 Å². The molecule has 7 heteroatoms. The van der Waals surface area contributed by atoms with Crippen molar-refractivity contribution >= 4 is 10.0 Å². The van der Waals surface area contributed by atoms with Gasteiger partial charge >= 0.3 is 0 Å². The number of nitrogens with one attached hydrogen (secondary N) is 1. The van der Waals surface area contributed by atoms with Crippen LogP contribution in [0.2, 0.25) is 0 Å². The number of H-pyrrole nitrogens is 1.